The van der Waals surface area contributed by atoms with Crippen molar-refractivity contribution < 1.29 is 19.4 Å². The highest BCUT2D eigenvalue weighted by Crippen LogP contribution is 2.27. The molecule has 0 aliphatic heterocycles. The summed E-state index contributed by atoms with van der Waals surface area (Å²) in [7, 11) is 0. The Morgan fingerprint density at radius 1 is 1.37 bits per heavy atom. The van der Waals surface area contributed by atoms with Crippen molar-refractivity contribution >= 4 is 11.9 Å². The predicted octanol–water partition coefficient (Wildman–Crippen LogP) is 1.01. The van der Waals surface area contributed by atoms with Crippen molar-refractivity contribution in [3.63, 3.8) is 0 Å². The predicted molar refractivity (Wildman–Crippen MR) is 69.6 cm³/mol. The Balaban J connectivity index is 2.89. The molecule has 0 saturated heterocycles. The summed E-state index contributed by atoms with van der Waals surface area (Å²) in [5.74, 6) is -0.229. The molecule has 0 spiro atoms. The highest BCUT2D eigenvalue weighted by Gasteiger charge is 2.19. The summed E-state index contributed by atoms with van der Waals surface area (Å²) >= 11 is 0. The minimum absolute atomic E-state index is 0.405. The van der Waals surface area contributed by atoms with Gasteiger partial charge in [0.25, 0.3) is 5.91 Å². The summed E-state index contributed by atoms with van der Waals surface area (Å²) in [6, 6.07) is 4.35. The highest BCUT2D eigenvalue weighted by molar-refractivity contribution is 5.95. The van der Waals surface area contributed by atoms with E-state index in [4.69, 9.17) is 10.5 Å². The number of carbonyl (C=O) groups is 2. The fourth-order valence-electron chi connectivity index (χ4n) is 1.56. The Morgan fingerprint density at radius 2 is 2.00 bits per heavy atom. The van der Waals surface area contributed by atoms with Crippen LogP contribution in [-0.4, -0.2) is 23.1 Å². The van der Waals surface area contributed by atoms with Crippen LogP contribution in [0.2, 0.25) is 0 Å². The largest absolute Gasteiger partial charge is 0.480 e. The van der Waals surface area contributed by atoms with E-state index < -0.39 is 24.1 Å². The van der Waals surface area contributed by atoms with Crippen LogP contribution in [0.5, 0.6) is 5.75 Å². The van der Waals surface area contributed by atoms with E-state index in [0.717, 1.165) is 5.56 Å². The summed E-state index contributed by atoms with van der Waals surface area (Å²) < 4.78 is 5.47. The SMILES string of the molecule is Cc1ccc([C@H](C)O)c(OC(C)C(=O)NC(N)=O)c1. The lowest BCUT2D eigenvalue weighted by Gasteiger charge is -2.18. The summed E-state index contributed by atoms with van der Waals surface area (Å²) in [5.41, 5.74) is 6.37. The molecule has 0 aliphatic rings. The number of aliphatic hydroxyl groups is 1. The second kappa shape index (κ2) is 6.19. The van der Waals surface area contributed by atoms with Crippen LogP contribution in [0.15, 0.2) is 18.2 Å². The lowest BCUT2D eigenvalue weighted by Crippen LogP contribution is -2.42. The third-order valence-corrected chi connectivity index (χ3v) is 2.54. The number of nitrogens with two attached hydrogens (primary N) is 1. The van der Waals surface area contributed by atoms with Crippen molar-refractivity contribution in [3.8, 4) is 5.75 Å². The molecule has 0 bridgehead atoms. The lowest BCUT2D eigenvalue weighted by atomic mass is 10.1. The van der Waals surface area contributed by atoms with E-state index in [0.29, 0.717) is 11.3 Å². The fraction of sp³-hybridized carbons (Fsp3) is 0.385. The molecule has 1 aromatic carbocycles. The van der Waals surface area contributed by atoms with Gasteiger partial charge >= 0.3 is 6.03 Å². The van der Waals surface area contributed by atoms with E-state index in [1.54, 1.807) is 19.1 Å². The Hall–Kier alpha value is -2.08. The second-order valence-electron chi connectivity index (χ2n) is 4.33. The number of rotatable bonds is 4. The molecule has 0 saturated carbocycles. The average molecular weight is 266 g/mol. The molecule has 0 radical (unpaired) electrons. The maximum atomic E-state index is 11.5. The van der Waals surface area contributed by atoms with Crippen LogP contribution in [0.4, 0.5) is 4.79 Å². The number of hydrogen-bond donors (Lipinski definition) is 3. The number of primary amides is 1. The summed E-state index contributed by atoms with van der Waals surface area (Å²) in [4.78, 5) is 22.1. The minimum Gasteiger partial charge on any atom is -0.480 e. The monoisotopic (exact) mass is 266 g/mol. The Labute approximate surface area is 111 Å². The Morgan fingerprint density at radius 3 is 2.53 bits per heavy atom. The van der Waals surface area contributed by atoms with Crippen molar-refractivity contribution in [1.82, 2.24) is 5.32 Å². The molecule has 1 rings (SSSR count). The summed E-state index contributed by atoms with van der Waals surface area (Å²) in [6.45, 7) is 4.96. The molecule has 3 amide bonds. The number of nitrogens with one attached hydrogen (secondary N) is 1. The topological polar surface area (TPSA) is 102 Å². The van der Waals surface area contributed by atoms with Crippen molar-refractivity contribution in [1.29, 1.82) is 0 Å². The molecule has 4 N–H and O–H groups in total. The molecule has 2 atom stereocenters. The second-order valence-corrected chi connectivity index (χ2v) is 4.33. The number of hydrogen-bond acceptors (Lipinski definition) is 4. The van der Waals surface area contributed by atoms with Gasteiger partial charge in [-0.05, 0) is 32.4 Å². The van der Waals surface area contributed by atoms with Gasteiger partial charge in [0, 0.05) is 5.56 Å². The van der Waals surface area contributed by atoms with Gasteiger partial charge in [0.05, 0.1) is 6.10 Å². The quantitative estimate of drug-likeness (QED) is 0.756. The smallest absolute Gasteiger partial charge is 0.318 e. The number of urea groups is 1. The lowest BCUT2D eigenvalue weighted by molar-refractivity contribution is -0.126. The van der Waals surface area contributed by atoms with Crippen molar-refractivity contribution in [2.45, 2.75) is 33.0 Å². The first-order valence-electron chi connectivity index (χ1n) is 5.87. The molecule has 1 aromatic rings. The molecule has 19 heavy (non-hydrogen) atoms. The molecular weight excluding hydrogens is 248 g/mol. The van der Waals surface area contributed by atoms with E-state index in [9.17, 15) is 14.7 Å². The molecular formula is C13H18N2O4. The van der Waals surface area contributed by atoms with E-state index >= 15 is 0 Å². The van der Waals surface area contributed by atoms with Gasteiger partial charge in [-0.1, -0.05) is 12.1 Å². The normalized spacial score (nSPS) is 13.5. The zero-order chi connectivity index (χ0) is 14.6. The molecule has 0 aromatic heterocycles. The van der Waals surface area contributed by atoms with Crippen LogP contribution >= 0.6 is 0 Å². The number of imide groups is 1. The molecule has 104 valence electrons. The van der Waals surface area contributed by atoms with Crippen LogP contribution in [-0.2, 0) is 4.79 Å². The van der Waals surface area contributed by atoms with Crippen LogP contribution in [0, 0.1) is 6.92 Å². The number of carbonyl (C=O) groups excluding carboxylic acids is 2. The minimum atomic E-state index is -0.930. The Bertz CT molecular complexity index is 486. The van der Waals surface area contributed by atoms with Gasteiger partial charge in [-0.3, -0.25) is 10.1 Å². The first-order valence-corrected chi connectivity index (χ1v) is 5.87. The molecule has 1 unspecified atom stereocenters. The number of benzene rings is 1. The van der Waals surface area contributed by atoms with Crippen molar-refractivity contribution in [3.05, 3.63) is 29.3 Å². The van der Waals surface area contributed by atoms with E-state index in [1.807, 2.05) is 18.3 Å². The molecule has 0 fully saturated rings. The van der Waals surface area contributed by atoms with Gasteiger partial charge in [-0.25, -0.2) is 4.79 Å². The number of ether oxygens (including phenoxy) is 1. The number of aryl methyl sites for hydroxylation is 1. The standard InChI is InChI=1S/C13H18N2O4/c1-7-4-5-10(8(2)16)11(6-7)19-9(3)12(17)15-13(14)18/h4-6,8-9,16H,1-3H3,(H3,14,15,17,18)/t8-,9?/m0/s1. The first-order chi connectivity index (χ1) is 8.81. The third-order valence-electron chi connectivity index (χ3n) is 2.54. The van der Waals surface area contributed by atoms with E-state index in [2.05, 4.69) is 0 Å². The Kier molecular flexibility index (Phi) is 4.88. The van der Waals surface area contributed by atoms with Crippen LogP contribution in [0.3, 0.4) is 0 Å². The maximum Gasteiger partial charge on any atom is 0.318 e. The molecule has 0 heterocycles. The number of aliphatic hydroxyl groups excluding tert-OH is 1. The van der Waals surface area contributed by atoms with Gasteiger partial charge < -0.3 is 15.6 Å². The summed E-state index contributed by atoms with van der Waals surface area (Å²) in [6.07, 6.45) is -1.62. The molecule has 0 aliphatic carbocycles. The van der Waals surface area contributed by atoms with E-state index in [1.165, 1.54) is 6.92 Å². The van der Waals surface area contributed by atoms with Gasteiger partial charge in [0.15, 0.2) is 6.10 Å². The third kappa shape index (κ3) is 4.26. The van der Waals surface area contributed by atoms with Gasteiger partial charge in [0.1, 0.15) is 5.75 Å². The van der Waals surface area contributed by atoms with Crippen molar-refractivity contribution in [2.75, 3.05) is 0 Å². The van der Waals surface area contributed by atoms with Crippen molar-refractivity contribution in [2.24, 2.45) is 5.73 Å². The molecule has 6 heteroatoms. The van der Waals surface area contributed by atoms with Gasteiger partial charge in [-0.15, -0.1) is 0 Å². The zero-order valence-electron chi connectivity index (χ0n) is 11.1. The van der Waals surface area contributed by atoms with Crippen LogP contribution < -0.4 is 15.8 Å². The zero-order valence-corrected chi connectivity index (χ0v) is 11.1. The first kappa shape index (κ1) is 15.0. The fourth-order valence-corrected chi connectivity index (χ4v) is 1.56. The molecule has 6 nitrogen and oxygen atoms in total. The highest BCUT2D eigenvalue weighted by atomic mass is 16.5. The summed E-state index contributed by atoms with van der Waals surface area (Å²) in [5, 5.41) is 11.6. The van der Waals surface area contributed by atoms with Crippen LogP contribution in [0.1, 0.15) is 31.1 Å². The average Bonchev–Trinajstić information content (AvgIpc) is 2.27. The van der Waals surface area contributed by atoms with E-state index in [-0.39, 0.29) is 0 Å². The maximum absolute atomic E-state index is 11.5. The van der Waals surface area contributed by atoms with Gasteiger partial charge in [-0.2, -0.15) is 0 Å². The number of amides is 3. The van der Waals surface area contributed by atoms with Crippen LogP contribution in [0.25, 0.3) is 0 Å². The van der Waals surface area contributed by atoms with Gasteiger partial charge in [0.2, 0.25) is 0 Å².